The number of nitrogens with one attached hydrogen (secondary N) is 2. The summed E-state index contributed by atoms with van der Waals surface area (Å²) in [6.07, 6.45) is 1.42. The molecule has 33 heavy (non-hydrogen) atoms. The molecule has 0 spiro atoms. The number of aromatic nitrogens is 3. The Bertz CT molecular complexity index is 1590. The first-order chi connectivity index (χ1) is 15.9. The molecule has 5 aromatic rings. The fourth-order valence-corrected chi connectivity index (χ4v) is 3.94. The van der Waals surface area contributed by atoms with Crippen molar-refractivity contribution in [2.45, 2.75) is 0 Å². The van der Waals surface area contributed by atoms with Gasteiger partial charge in [0.05, 0.1) is 17.7 Å². The molecule has 3 aromatic heterocycles. The van der Waals surface area contributed by atoms with E-state index < -0.39 is 5.56 Å². The summed E-state index contributed by atoms with van der Waals surface area (Å²) in [5, 5.41) is 3.84. The van der Waals surface area contributed by atoms with E-state index in [0.29, 0.717) is 44.2 Å². The standard InChI is InChI=1S/C23H14BrClN4O4/c1-32-18-7-2-11(10-26-18)22(30)27-13-4-5-16(25)14(9-13)21-28-19-15-8-12(24)3-6-17(15)33-20(19)23(31)29-21/h2-10H,1H3,(H,27,30)(H,28,29,31). The second-order valence-corrected chi connectivity index (χ2v) is 8.40. The number of benzene rings is 2. The Balaban J connectivity index is 1.54. The van der Waals surface area contributed by atoms with Crippen molar-refractivity contribution in [3.63, 3.8) is 0 Å². The number of ether oxygens (including phenoxy) is 1. The molecule has 8 nitrogen and oxygen atoms in total. The quantitative estimate of drug-likeness (QED) is 0.325. The molecule has 5 rings (SSSR count). The zero-order valence-corrected chi connectivity index (χ0v) is 19.3. The van der Waals surface area contributed by atoms with E-state index >= 15 is 0 Å². The third kappa shape index (κ3) is 3.96. The van der Waals surface area contributed by atoms with Crippen LogP contribution in [0.25, 0.3) is 33.5 Å². The number of carbonyl (C=O) groups is 1. The molecule has 0 aliphatic heterocycles. The van der Waals surface area contributed by atoms with Crippen LogP contribution in [0.2, 0.25) is 5.02 Å². The highest BCUT2D eigenvalue weighted by atomic mass is 79.9. The zero-order chi connectivity index (χ0) is 23.1. The maximum Gasteiger partial charge on any atom is 0.294 e. The Morgan fingerprint density at radius 3 is 2.79 bits per heavy atom. The van der Waals surface area contributed by atoms with Gasteiger partial charge in [0.25, 0.3) is 11.5 Å². The van der Waals surface area contributed by atoms with Gasteiger partial charge in [0.2, 0.25) is 11.5 Å². The lowest BCUT2D eigenvalue weighted by Crippen LogP contribution is -2.12. The number of fused-ring (bicyclic) bond motifs is 3. The van der Waals surface area contributed by atoms with E-state index in [9.17, 15) is 9.59 Å². The summed E-state index contributed by atoms with van der Waals surface area (Å²) in [5.74, 6) is 0.299. The summed E-state index contributed by atoms with van der Waals surface area (Å²) < 4.78 is 11.5. The summed E-state index contributed by atoms with van der Waals surface area (Å²) in [7, 11) is 1.50. The predicted octanol–water partition coefficient (Wildman–Crippen LogP) is 5.41. The average Bonchev–Trinajstić information content (AvgIpc) is 3.18. The molecule has 0 fully saturated rings. The van der Waals surface area contributed by atoms with E-state index in [-0.39, 0.29) is 17.3 Å². The smallest absolute Gasteiger partial charge is 0.294 e. The van der Waals surface area contributed by atoms with Crippen LogP contribution in [0.15, 0.2) is 68.4 Å². The molecule has 0 aliphatic rings. The van der Waals surface area contributed by atoms with Crippen LogP contribution in [-0.4, -0.2) is 28.0 Å². The van der Waals surface area contributed by atoms with E-state index in [0.717, 1.165) is 4.47 Å². The fourth-order valence-electron chi connectivity index (χ4n) is 3.38. The molecule has 10 heteroatoms. The highest BCUT2D eigenvalue weighted by Crippen LogP contribution is 2.32. The monoisotopic (exact) mass is 524 g/mol. The van der Waals surface area contributed by atoms with Gasteiger partial charge in [0.15, 0.2) is 0 Å². The number of pyridine rings is 1. The Hall–Kier alpha value is -3.69. The Morgan fingerprint density at radius 2 is 2.03 bits per heavy atom. The number of amides is 1. The van der Waals surface area contributed by atoms with Crippen LogP contribution in [0, 0.1) is 0 Å². The summed E-state index contributed by atoms with van der Waals surface area (Å²) in [4.78, 5) is 36.7. The molecule has 2 aromatic carbocycles. The summed E-state index contributed by atoms with van der Waals surface area (Å²) in [6, 6.07) is 13.5. The third-order valence-electron chi connectivity index (χ3n) is 4.97. The molecular formula is C23H14BrClN4O4. The molecule has 0 bridgehead atoms. The van der Waals surface area contributed by atoms with Crippen molar-refractivity contribution in [3.05, 3.63) is 80.1 Å². The largest absolute Gasteiger partial charge is 0.481 e. The summed E-state index contributed by atoms with van der Waals surface area (Å²) in [6.45, 7) is 0. The minimum Gasteiger partial charge on any atom is -0.481 e. The number of furan rings is 1. The zero-order valence-electron chi connectivity index (χ0n) is 17.0. The van der Waals surface area contributed by atoms with Crippen LogP contribution in [0.1, 0.15) is 10.4 Å². The number of hydrogen-bond donors (Lipinski definition) is 2. The number of rotatable bonds is 4. The Labute approximate surface area is 199 Å². The molecule has 2 N–H and O–H groups in total. The molecule has 3 heterocycles. The van der Waals surface area contributed by atoms with E-state index in [1.54, 1.807) is 36.4 Å². The lowest BCUT2D eigenvalue weighted by atomic mass is 10.1. The number of anilines is 1. The topological polar surface area (TPSA) is 110 Å². The van der Waals surface area contributed by atoms with Gasteiger partial charge in [-0.05, 0) is 42.5 Å². The first-order valence-corrected chi connectivity index (χ1v) is 10.8. The van der Waals surface area contributed by atoms with Gasteiger partial charge in [-0.1, -0.05) is 27.5 Å². The Kier molecular flexibility index (Phi) is 5.35. The molecule has 0 radical (unpaired) electrons. The predicted molar refractivity (Wildman–Crippen MR) is 129 cm³/mol. The number of carbonyl (C=O) groups excluding carboxylic acids is 1. The number of H-pyrrole nitrogens is 1. The van der Waals surface area contributed by atoms with Crippen LogP contribution < -0.4 is 15.6 Å². The maximum absolute atomic E-state index is 12.7. The van der Waals surface area contributed by atoms with Gasteiger partial charge in [-0.3, -0.25) is 9.59 Å². The van der Waals surface area contributed by atoms with Crippen LogP contribution in [0.5, 0.6) is 5.88 Å². The van der Waals surface area contributed by atoms with E-state index in [4.69, 9.17) is 20.8 Å². The van der Waals surface area contributed by atoms with E-state index in [2.05, 4.69) is 36.2 Å². The van der Waals surface area contributed by atoms with Gasteiger partial charge in [0, 0.05) is 33.4 Å². The van der Waals surface area contributed by atoms with Gasteiger partial charge >= 0.3 is 0 Å². The minimum absolute atomic E-state index is 0.124. The fraction of sp³-hybridized carbons (Fsp3) is 0.0435. The molecule has 0 atom stereocenters. The van der Waals surface area contributed by atoms with Gasteiger partial charge in [-0.25, -0.2) is 9.97 Å². The first-order valence-electron chi connectivity index (χ1n) is 9.66. The second kappa shape index (κ2) is 8.34. The highest BCUT2D eigenvalue weighted by Gasteiger charge is 2.17. The van der Waals surface area contributed by atoms with Crippen molar-refractivity contribution in [1.29, 1.82) is 0 Å². The van der Waals surface area contributed by atoms with Gasteiger partial charge in [0.1, 0.15) is 16.9 Å². The molecule has 0 saturated heterocycles. The molecule has 0 saturated carbocycles. The van der Waals surface area contributed by atoms with Gasteiger partial charge in [-0.15, -0.1) is 0 Å². The van der Waals surface area contributed by atoms with E-state index in [1.807, 2.05) is 12.1 Å². The molecule has 1 amide bonds. The molecular weight excluding hydrogens is 512 g/mol. The number of nitrogens with zero attached hydrogens (tertiary/aromatic N) is 2. The third-order valence-corrected chi connectivity index (χ3v) is 5.80. The summed E-state index contributed by atoms with van der Waals surface area (Å²) >= 11 is 9.84. The Morgan fingerprint density at radius 1 is 1.18 bits per heavy atom. The number of hydrogen-bond acceptors (Lipinski definition) is 6. The SMILES string of the molecule is COc1ccc(C(=O)Nc2ccc(Cl)c(-c3nc4c(oc5ccc(Br)cc54)c(=O)[nH]3)c2)cn1. The van der Waals surface area contributed by atoms with Crippen molar-refractivity contribution >= 4 is 61.2 Å². The van der Waals surface area contributed by atoms with Crippen molar-refractivity contribution in [1.82, 2.24) is 15.0 Å². The first kappa shape index (κ1) is 21.2. The van der Waals surface area contributed by atoms with Crippen molar-refractivity contribution < 1.29 is 13.9 Å². The normalized spacial score (nSPS) is 11.1. The summed E-state index contributed by atoms with van der Waals surface area (Å²) in [5.41, 5.74) is 1.93. The van der Waals surface area contributed by atoms with Crippen LogP contribution in [-0.2, 0) is 0 Å². The van der Waals surface area contributed by atoms with Crippen LogP contribution in [0.3, 0.4) is 0 Å². The lowest BCUT2D eigenvalue weighted by molar-refractivity contribution is 0.102. The maximum atomic E-state index is 12.7. The van der Waals surface area contributed by atoms with Gasteiger partial charge < -0.3 is 19.5 Å². The lowest BCUT2D eigenvalue weighted by Gasteiger charge is -2.09. The second-order valence-electron chi connectivity index (χ2n) is 7.07. The number of halogens is 2. The van der Waals surface area contributed by atoms with Crippen LogP contribution >= 0.6 is 27.5 Å². The van der Waals surface area contributed by atoms with Crippen LogP contribution in [0.4, 0.5) is 5.69 Å². The minimum atomic E-state index is -0.433. The number of aromatic amines is 1. The van der Waals surface area contributed by atoms with Crippen molar-refractivity contribution in [2.75, 3.05) is 12.4 Å². The van der Waals surface area contributed by atoms with E-state index in [1.165, 1.54) is 13.3 Å². The van der Waals surface area contributed by atoms with Crippen molar-refractivity contribution in [2.24, 2.45) is 0 Å². The van der Waals surface area contributed by atoms with Gasteiger partial charge in [-0.2, -0.15) is 0 Å². The van der Waals surface area contributed by atoms with Crippen molar-refractivity contribution in [3.8, 4) is 17.3 Å². The molecule has 164 valence electrons. The average molecular weight is 526 g/mol. The number of methoxy groups -OCH3 is 1. The molecule has 0 aliphatic carbocycles. The molecule has 0 unspecified atom stereocenters. The highest BCUT2D eigenvalue weighted by molar-refractivity contribution is 9.10.